The first-order chi connectivity index (χ1) is 3.94. The summed E-state index contributed by atoms with van der Waals surface area (Å²) in [5, 5.41) is 0. The van der Waals surface area contributed by atoms with E-state index in [4.69, 9.17) is 14.3 Å². The van der Waals surface area contributed by atoms with Gasteiger partial charge in [0, 0.05) is 6.38 Å². The van der Waals surface area contributed by atoms with Gasteiger partial charge in [-0.05, 0) is 0 Å². The van der Waals surface area contributed by atoms with Crippen molar-refractivity contribution in [2.45, 2.75) is 0 Å². The van der Waals surface area contributed by atoms with Crippen LogP contribution in [0.5, 0.6) is 0 Å². The molecule has 0 saturated heterocycles. The molecule has 0 aliphatic heterocycles. The van der Waals surface area contributed by atoms with E-state index in [9.17, 15) is 8.77 Å². The predicted molar refractivity (Wildman–Crippen MR) is 34.6 cm³/mol. The van der Waals surface area contributed by atoms with Crippen LogP contribution in [0.3, 0.4) is 0 Å². The van der Waals surface area contributed by atoms with Gasteiger partial charge in [0.05, 0.1) is 0 Å². The quantitative estimate of drug-likeness (QED) is 0.315. The van der Waals surface area contributed by atoms with Crippen LogP contribution < -0.4 is 0 Å². The molecule has 0 amide bonds. The van der Waals surface area contributed by atoms with Crippen molar-refractivity contribution in [3.63, 3.8) is 0 Å². The second-order valence-electron chi connectivity index (χ2n) is 0.721. The van der Waals surface area contributed by atoms with Crippen LogP contribution in [0.1, 0.15) is 0 Å². The Morgan fingerprint density at radius 1 is 1.44 bits per heavy atom. The molecule has 0 spiro atoms. The van der Waals surface area contributed by atoms with Crippen LogP contribution >= 0.6 is 18.4 Å². The summed E-state index contributed by atoms with van der Waals surface area (Å²) in [6.45, 7) is -4.71. The van der Waals surface area contributed by atoms with Gasteiger partial charge in [-0.3, -0.25) is 4.55 Å². The minimum absolute atomic E-state index is 1.47. The zero-order valence-electron chi connectivity index (χ0n) is 4.39. The largest absolute Gasteiger partial charge is 0.439 e. The molecular weight excluding hydrogens is 190 g/mol. The van der Waals surface area contributed by atoms with Crippen LogP contribution in [0, 0.1) is 0 Å². The molecule has 0 radical (unpaired) electrons. The van der Waals surface area contributed by atoms with Crippen LogP contribution in [0.4, 0.5) is 0 Å². The van der Waals surface area contributed by atoms with Crippen LogP contribution in [0.15, 0.2) is 0 Å². The lowest BCUT2D eigenvalue weighted by Crippen LogP contribution is -1.85. The first kappa shape index (κ1) is 12.2. The Kier molecular flexibility index (Phi) is 7.27. The van der Waals surface area contributed by atoms with Crippen molar-refractivity contribution < 1.29 is 23.1 Å². The lowest BCUT2D eigenvalue weighted by molar-refractivity contribution is 0.388. The van der Waals surface area contributed by atoms with Gasteiger partial charge in [-0.1, -0.05) is 0 Å². The fourth-order valence-corrected chi connectivity index (χ4v) is 0. The highest BCUT2D eigenvalue weighted by atomic mass is 35.5. The van der Waals surface area contributed by atoms with Gasteiger partial charge in [0.1, 0.15) is 0 Å². The molecule has 0 bridgehead atoms. The molecule has 0 saturated carbocycles. The number of alkyl halides is 1. The summed E-state index contributed by atoms with van der Waals surface area (Å²) in [4.78, 5) is 15.3. The molecule has 0 rings (SSSR count). The predicted octanol–water partition coefficient (Wildman–Crippen LogP) is 0.156. The Morgan fingerprint density at radius 3 is 1.56 bits per heavy atom. The van der Waals surface area contributed by atoms with Gasteiger partial charge >= 0.3 is 6.80 Å². The number of hydrogen-bond donors (Lipinski definition) is 3. The summed E-state index contributed by atoms with van der Waals surface area (Å²) in [6.07, 6.45) is 1.47. The molecule has 9 heavy (non-hydrogen) atoms. The van der Waals surface area contributed by atoms with E-state index < -0.39 is 17.5 Å². The third-order valence-electron chi connectivity index (χ3n) is 0.203. The van der Waals surface area contributed by atoms with Crippen molar-refractivity contribution in [1.82, 2.24) is 0 Å². The molecule has 0 heterocycles. The Morgan fingerprint density at radius 2 is 1.56 bits per heavy atom. The summed E-state index contributed by atoms with van der Waals surface area (Å²) in [5.74, 6) is 0. The fraction of sp³-hybridized carbons (Fsp3) is 1.00. The van der Waals surface area contributed by atoms with Crippen molar-refractivity contribution in [3.05, 3.63) is 0 Å². The van der Waals surface area contributed by atoms with E-state index >= 15 is 0 Å². The molecule has 1 atom stereocenters. The summed E-state index contributed by atoms with van der Waals surface area (Å²) in [5.41, 5.74) is 0. The smallest absolute Gasteiger partial charge is 0.313 e. The van der Waals surface area contributed by atoms with Crippen molar-refractivity contribution in [2.75, 3.05) is 6.38 Å². The highest BCUT2D eigenvalue weighted by Gasteiger charge is 2.20. The van der Waals surface area contributed by atoms with Crippen LogP contribution in [0.25, 0.3) is 0 Å². The molecule has 8 heteroatoms. The molecule has 5 nitrogen and oxygen atoms in total. The number of hydrogen-bond acceptors (Lipinski definition) is 2. The summed E-state index contributed by atoms with van der Waals surface area (Å²) in [7, 11) is -3.02. The van der Waals surface area contributed by atoms with Gasteiger partial charge < -0.3 is 9.79 Å². The van der Waals surface area contributed by atoms with Gasteiger partial charge in [-0.15, -0.1) is 11.6 Å². The maximum atomic E-state index is 9.48. The van der Waals surface area contributed by atoms with Crippen LogP contribution in [0.2, 0.25) is 0 Å². The molecule has 3 N–H and O–H groups in total. The van der Waals surface area contributed by atoms with Crippen molar-refractivity contribution in [2.24, 2.45) is 0 Å². The SMILES string of the molecule is CCl.O=S(O)P(=O)(O)O. The van der Waals surface area contributed by atoms with E-state index in [0.29, 0.717) is 0 Å². The van der Waals surface area contributed by atoms with Gasteiger partial charge in [-0.2, -0.15) is 0 Å². The lowest BCUT2D eigenvalue weighted by atomic mass is 12.0. The maximum Gasteiger partial charge on any atom is 0.439 e. The average Bonchev–Trinajstić information content (AvgIpc) is 1.69. The zero-order chi connectivity index (χ0) is 8.08. The minimum atomic E-state index is -4.71. The Balaban J connectivity index is 0. The fourth-order valence-electron chi connectivity index (χ4n) is 0. The van der Waals surface area contributed by atoms with Crippen LogP contribution in [-0.4, -0.2) is 24.9 Å². The Labute approximate surface area is 59.2 Å². The maximum absolute atomic E-state index is 9.48. The Bertz CT molecular complexity index is 129. The zero-order valence-corrected chi connectivity index (χ0v) is 6.86. The normalized spacial score (nSPS) is 13.4. The minimum Gasteiger partial charge on any atom is -0.313 e. The van der Waals surface area contributed by atoms with Crippen molar-refractivity contribution >= 4 is 29.1 Å². The highest BCUT2D eigenvalue weighted by Crippen LogP contribution is 2.37. The first-order valence-electron chi connectivity index (χ1n) is 1.49. The van der Waals surface area contributed by atoms with E-state index in [0.717, 1.165) is 0 Å². The topological polar surface area (TPSA) is 94.8 Å². The van der Waals surface area contributed by atoms with Crippen molar-refractivity contribution in [3.8, 4) is 0 Å². The van der Waals surface area contributed by atoms with E-state index in [2.05, 4.69) is 11.6 Å². The van der Waals surface area contributed by atoms with Gasteiger partial charge in [-0.25, -0.2) is 8.77 Å². The molecular formula is CH6ClO5PS. The Hall–Kier alpha value is 0.550. The molecule has 0 aliphatic rings. The second-order valence-corrected chi connectivity index (χ2v) is 4.53. The monoisotopic (exact) mass is 196 g/mol. The van der Waals surface area contributed by atoms with E-state index in [1.54, 1.807) is 0 Å². The third-order valence-corrected chi connectivity index (χ3v) is 1.83. The molecule has 0 aliphatic carbocycles. The van der Waals surface area contributed by atoms with E-state index in [1.807, 2.05) is 0 Å². The van der Waals surface area contributed by atoms with E-state index in [1.165, 1.54) is 6.38 Å². The molecule has 0 fully saturated rings. The summed E-state index contributed by atoms with van der Waals surface area (Å²) < 4.78 is 26.4. The standard InChI is InChI=1S/CH3Cl.H3O5PS/c1-2;1-6(2,3)7(4)5/h1H3;(H,4,5)(H2,1,2,3). The highest BCUT2D eigenvalue weighted by molar-refractivity contribution is 8.42. The molecule has 58 valence electrons. The summed E-state index contributed by atoms with van der Waals surface area (Å²) >= 11 is 4.64. The van der Waals surface area contributed by atoms with Crippen LogP contribution in [-0.2, 0) is 15.3 Å². The number of rotatable bonds is 1. The lowest BCUT2D eigenvalue weighted by Gasteiger charge is -1.91. The summed E-state index contributed by atoms with van der Waals surface area (Å²) in [6, 6.07) is 0. The van der Waals surface area contributed by atoms with Gasteiger partial charge in [0.2, 0.25) is 0 Å². The second kappa shape index (κ2) is 5.34. The third kappa shape index (κ3) is 8.55. The average molecular weight is 197 g/mol. The molecule has 0 aromatic heterocycles. The molecule has 0 aromatic carbocycles. The van der Waals surface area contributed by atoms with E-state index in [-0.39, 0.29) is 0 Å². The first-order valence-corrected chi connectivity index (χ1v) is 5.57. The molecule has 0 aromatic rings. The van der Waals surface area contributed by atoms with Gasteiger partial charge in [0.15, 0.2) is 0 Å². The van der Waals surface area contributed by atoms with Gasteiger partial charge in [0.25, 0.3) is 10.7 Å². The van der Waals surface area contributed by atoms with Crippen molar-refractivity contribution in [1.29, 1.82) is 0 Å². The number of halogens is 1. The molecule has 1 unspecified atom stereocenters.